The van der Waals surface area contributed by atoms with Gasteiger partial charge in [-0.1, -0.05) is 0 Å². The first-order chi connectivity index (χ1) is 7.48. The minimum Gasteiger partial charge on any atom is -0.314 e. The third-order valence-corrected chi connectivity index (χ3v) is 3.64. The number of halogens is 1. The molecule has 1 aromatic rings. The number of sulfonamides is 1. The van der Waals surface area contributed by atoms with Crippen LogP contribution in [0.2, 0.25) is 0 Å². The first kappa shape index (κ1) is 13.1. The molecule has 0 aliphatic carbocycles. The van der Waals surface area contributed by atoms with Gasteiger partial charge in [-0.05, 0) is 13.0 Å². The number of alkyl halides is 1. The smallest absolute Gasteiger partial charge is 0.250 e. The molecule has 1 aromatic heterocycles. The summed E-state index contributed by atoms with van der Waals surface area (Å²) in [6.07, 6.45) is 1.47. The molecule has 0 aliphatic heterocycles. The van der Waals surface area contributed by atoms with Gasteiger partial charge in [-0.3, -0.25) is 9.52 Å². The zero-order chi connectivity index (χ0) is 12.2. The van der Waals surface area contributed by atoms with Gasteiger partial charge < -0.3 is 4.57 Å². The SMILES string of the molecule is CCn1cc(NS(=O)(=O)CCCl)ccc1=O. The van der Waals surface area contributed by atoms with Gasteiger partial charge in [-0.25, -0.2) is 8.42 Å². The van der Waals surface area contributed by atoms with E-state index in [1.807, 2.05) is 0 Å². The van der Waals surface area contributed by atoms with Crippen molar-refractivity contribution in [3.05, 3.63) is 28.7 Å². The van der Waals surface area contributed by atoms with Crippen molar-refractivity contribution in [2.45, 2.75) is 13.5 Å². The third-order valence-electron chi connectivity index (χ3n) is 1.94. The Morgan fingerprint density at radius 2 is 2.12 bits per heavy atom. The summed E-state index contributed by atoms with van der Waals surface area (Å²) in [7, 11) is -3.42. The lowest BCUT2D eigenvalue weighted by Gasteiger charge is -2.08. The Labute approximate surface area is 99.1 Å². The standard InChI is InChI=1S/C9H13ClN2O3S/c1-2-12-7-8(3-4-9(12)13)11-16(14,15)6-5-10/h3-4,7,11H,2,5-6H2,1H3. The minimum atomic E-state index is -3.42. The molecule has 90 valence electrons. The van der Waals surface area contributed by atoms with Crippen LogP contribution >= 0.6 is 11.6 Å². The highest BCUT2D eigenvalue weighted by atomic mass is 35.5. The number of pyridine rings is 1. The van der Waals surface area contributed by atoms with Gasteiger partial charge in [-0.2, -0.15) is 0 Å². The van der Waals surface area contributed by atoms with E-state index in [9.17, 15) is 13.2 Å². The van der Waals surface area contributed by atoms with Gasteiger partial charge in [0.2, 0.25) is 10.0 Å². The molecule has 1 N–H and O–H groups in total. The Bertz CT molecular complexity index is 510. The van der Waals surface area contributed by atoms with Crippen molar-refractivity contribution in [3.8, 4) is 0 Å². The fraction of sp³-hybridized carbons (Fsp3) is 0.444. The molecular formula is C9H13ClN2O3S. The molecule has 7 heteroatoms. The lowest BCUT2D eigenvalue weighted by atomic mass is 10.4. The largest absolute Gasteiger partial charge is 0.314 e. The van der Waals surface area contributed by atoms with E-state index in [-0.39, 0.29) is 17.2 Å². The van der Waals surface area contributed by atoms with Gasteiger partial charge in [0.25, 0.3) is 5.56 Å². The second kappa shape index (κ2) is 5.36. The summed E-state index contributed by atoms with van der Waals surface area (Å²) in [5.74, 6) is -0.122. The molecule has 0 saturated heterocycles. The molecule has 0 fully saturated rings. The highest BCUT2D eigenvalue weighted by Crippen LogP contribution is 2.06. The van der Waals surface area contributed by atoms with Gasteiger partial charge in [-0.15, -0.1) is 11.6 Å². The summed E-state index contributed by atoms with van der Waals surface area (Å²) in [6.45, 7) is 2.29. The van der Waals surface area contributed by atoms with Gasteiger partial charge in [0.05, 0.1) is 11.4 Å². The molecule has 16 heavy (non-hydrogen) atoms. The number of aromatic nitrogens is 1. The molecule has 1 heterocycles. The van der Waals surface area contributed by atoms with E-state index < -0.39 is 10.0 Å². The maximum Gasteiger partial charge on any atom is 0.250 e. The molecule has 0 bridgehead atoms. The summed E-state index contributed by atoms with van der Waals surface area (Å²) in [5.41, 5.74) is 0.203. The Morgan fingerprint density at radius 1 is 1.44 bits per heavy atom. The highest BCUT2D eigenvalue weighted by molar-refractivity contribution is 7.92. The maximum atomic E-state index is 11.4. The van der Waals surface area contributed by atoms with Gasteiger partial charge in [0.15, 0.2) is 0 Å². The van der Waals surface area contributed by atoms with Crippen LogP contribution in [0.4, 0.5) is 5.69 Å². The second-order valence-corrected chi connectivity index (χ2v) is 5.37. The topological polar surface area (TPSA) is 68.2 Å². The predicted molar refractivity (Wildman–Crippen MR) is 64.5 cm³/mol. The number of rotatable bonds is 5. The monoisotopic (exact) mass is 264 g/mol. The number of hydrogen-bond acceptors (Lipinski definition) is 3. The van der Waals surface area contributed by atoms with Crippen molar-refractivity contribution < 1.29 is 8.42 Å². The Hall–Kier alpha value is -1.01. The van der Waals surface area contributed by atoms with Crippen LogP contribution in [-0.4, -0.2) is 24.6 Å². The fourth-order valence-corrected chi connectivity index (χ4v) is 2.57. The molecule has 0 spiro atoms. The van der Waals surface area contributed by atoms with Crippen LogP contribution in [0.15, 0.2) is 23.1 Å². The molecule has 0 saturated carbocycles. The molecule has 5 nitrogen and oxygen atoms in total. The average molecular weight is 265 g/mol. The van der Waals surface area contributed by atoms with Gasteiger partial charge in [0.1, 0.15) is 0 Å². The zero-order valence-corrected chi connectivity index (χ0v) is 10.4. The van der Waals surface area contributed by atoms with Crippen molar-refractivity contribution in [2.75, 3.05) is 16.4 Å². The molecule has 0 aliphatic rings. The van der Waals surface area contributed by atoms with Crippen LogP contribution in [0.25, 0.3) is 0 Å². The van der Waals surface area contributed by atoms with Gasteiger partial charge >= 0.3 is 0 Å². The summed E-state index contributed by atoms with van der Waals surface area (Å²) in [5, 5.41) is 0. The highest BCUT2D eigenvalue weighted by Gasteiger charge is 2.09. The number of nitrogens with zero attached hydrogens (tertiary/aromatic N) is 1. The van der Waals surface area contributed by atoms with Crippen LogP contribution in [0.1, 0.15) is 6.92 Å². The molecule has 0 radical (unpaired) electrons. The predicted octanol–water partition coefficient (Wildman–Crippen LogP) is 0.849. The fourth-order valence-electron chi connectivity index (χ4n) is 1.17. The van der Waals surface area contributed by atoms with E-state index in [2.05, 4.69) is 4.72 Å². The number of hydrogen-bond donors (Lipinski definition) is 1. The summed E-state index contributed by atoms with van der Waals surface area (Å²) >= 11 is 5.36. The van der Waals surface area contributed by atoms with Crippen LogP contribution in [0, 0.1) is 0 Å². The van der Waals surface area contributed by atoms with Crippen molar-refractivity contribution >= 4 is 27.3 Å². The van der Waals surface area contributed by atoms with E-state index in [0.717, 1.165) is 0 Å². The van der Waals surface area contributed by atoms with E-state index in [0.29, 0.717) is 12.2 Å². The molecule has 0 amide bonds. The molecule has 0 aromatic carbocycles. The van der Waals surface area contributed by atoms with Crippen LogP contribution in [0.5, 0.6) is 0 Å². The lowest BCUT2D eigenvalue weighted by Crippen LogP contribution is -2.21. The van der Waals surface area contributed by atoms with Crippen molar-refractivity contribution in [1.29, 1.82) is 0 Å². The number of aryl methyl sites for hydroxylation is 1. The van der Waals surface area contributed by atoms with Gasteiger partial charge in [0, 0.05) is 24.7 Å². The molecule has 0 unspecified atom stereocenters. The van der Waals surface area contributed by atoms with Crippen molar-refractivity contribution in [2.24, 2.45) is 0 Å². The van der Waals surface area contributed by atoms with E-state index in [4.69, 9.17) is 11.6 Å². The van der Waals surface area contributed by atoms with Crippen LogP contribution in [0.3, 0.4) is 0 Å². The molecule has 1 rings (SSSR count). The zero-order valence-electron chi connectivity index (χ0n) is 8.81. The first-order valence-corrected chi connectivity index (χ1v) is 6.94. The van der Waals surface area contributed by atoms with Crippen LogP contribution in [-0.2, 0) is 16.6 Å². The quantitative estimate of drug-likeness (QED) is 0.802. The van der Waals surface area contributed by atoms with Crippen LogP contribution < -0.4 is 10.3 Å². The normalized spacial score (nSPS) is 11.4. The third kappa shape index (κ3) is 3.53. The summed E-state index contributed by atoms with van der Waals surface area (Å²) in [6, 6.07) is 2.75. The molecule has 0 atom stereocenters. The molecular weight excluding hydrogens is 252 g/mol. The lowest BCUT2D eigenvalue weighted by molar-refractivity contribution is 0.602. The average Bonchev–Trinajstić information content (AvgIpc) is 2.20. The minimum absolute atomic E-state index is 0.0305. The van der Waals surface area contributed by atoms with E-state index >= 15 is 0 Å². The Kier molecular flexibility index (Phi) is 4.37. The van der Waals surface area contributed by atoms with Crippen molar-refractivity contribution in [3.63, 3.8) is 0 Å². The first-order valence-electron chi connectivity index (χ1n) is 4.75. The van der Waals surface area contributed by atoms with E-state index in [1.54, 1.807) is 6.92 Å². The number of nitrogens with one attached hydrogen (secondary N) is 1. The summed E-state index contributed by atoms with van der Waals surface area (Å²) < 4.78 is 26.6. The van der Waals surface area contributed by atoms with E-state index in [1.165, 1.54) is 22.9 Å². The van der Waals surface area contributed by atoms with Crippen molar-refractivity contribution in [1.82, 2.24) is 4.57 Å². The second-order valence-electron chi connectivity index (χ2n) is 3.15. The Morgan fingerprint density at radius 3 is 2.69 bits per heavy atom. The summed E-state index contributed by atoms with van der Waals surface area (Å²) in [4.78, 5) is 11.3. The maximum absolute atomic E-state index is 11.4. The Balaban J connectivity index is 2.95. The number of anilines is 1.